The Hall–Kier alpha value is -2.61. The molecule has 3 rings (SSSR count). The Balaban J connectivity index is 1.83. The lowest BCUT2D eigenvalue weighted by molar-refractivity contribution is 0.638. The van der Waals surface area contributed by atoms with E-state index in [9.17, 15) is 4.79 Å². The molecule has 100 valence electrons. The van der Waals surface area contributed by atoms with Crippen LogP contribution in [0.4, 0.5) is 5.69 Å². The Morgan fingerprint density at radius 1 is 1.40 bits per heavy atom. The van der Waals surface area contributed by atoms with Crippen LogP contribution in [0.15, 0.2) is 41.3 Å². The maximum Gasteiger partial charge on any atom is 0.269 e. The van der Waals surface area contributed by atoms with Crippen molar-refractivity contribution in [2.45, 2.75) is 25.4 Å². The van der Waals surface area contributed by atoms with Crippen LogP contribution >= 0.6 is 0 Å². The maximum absolute atomic E-state index is 12.0. The van der Waals surface area contributed by atoms with Crippen molar-refractivity contribution in [2.75, 3.05) is 5.32 Å². The number of aromatic nitrogens is 2. The summed E-state index contributed by atoms with van der Waals surface area (Å²) in [5.74, 6) is 0. The Morgan fingerprint density at radius 3 is 2.90 bits per heavy atom. The van der Waals surface area contributed by atoms with Gasteiger partial charge in [-0.15, -0.1) is 0 Å². The monoisotopic (exact) mass is 266 g/mol. The minimum absolute atomic E-state index is 0.164. The summed E-state index contributed by atoms with van der Waals surface area (Å²) in [6, 6.07) is 11.4. The summed E-state index contributed by atoms with van der Waals surface area (Å²) >= 11 is 0. The Kier molecular flexibility index (Phi) is 3.21. The Labute approximate surface area is 116 Å². The van der Waals surface area contributed by atoms with Gasteiger partial charge in [0.05, 0.1) is 30.1 Å². The summed E-state index contributed by atoms with van der Waals surface area (Å²) < 4.78 is 1.37. The third-order valence-corrected chi connectivity index (χ3v) is 3.28. The summed E-state index contributed by atoms with van der Waals surface area (Å²) in [7, 11) is 0. The van der Waals surface area contributed by atoms with Crippen LogP contribution in [0.25, 0.3) is 0 Å². The van der Waals surface area contributed by atoms with Crippen LogP contribution in [0, 0.1) is 11.3 Å². The first-order valence-corrected chi connectivity index (χ1v) is 6.58. The maximum atomic E-state index is 12.0. The molecule has 0 spiro atoms. The van der Waals surface area contributed by atoms with Gasteiger partial charge in [-0.25, -0.2) is 4.68 Å². The molecule has 0 radical (unpaired) electrons. The fourth-order valence-electron chi connectivity index (χ4n) is 2.02. The molecule has 1 N–H and O–H groups in total. The van der Waals surface area contributed by atoms with Crippen LogP contribution in [-0.2, 0) is 6.54 Å². The first-order valence-electron chi connectivity index (χ1n) is 6.58. The number of nitrogens with zero attached hydrogens (tertiary/aromatic N) is 3. The van der Waals surface area contributed by atoms with E-state index in [1.807, 2.05) is 12.1 Å². The molecule has 5 nitrogen and oxygen atoms in total. The van der Waals surface area contributed by atoms with Crippen molar-refractivity contribution < 1.29 is 0 Å². The molecule has 1 heterocycles. The summed E-state index contributed by atoms with van der Waals surface area (Å²) in [6.45, 7) is 0.312. The van der Waals surface area contributed by atoms with E-state index in [-0.39, 0.29) is 5.56 Å². The van der Waals surface area contributed by atoms with E-state index in [2.05, 4.69) is 16.5 Å². The van der Waals surface area contributed by atoms with E-state index in [1.165, 1.54) is 4.68 Å². The van der Waals surface area contributed by atoms with Crippen LogP contribution < -0.4 is 10.9 Å². The van der Waals surface area contributed by atoms with Crippen molar-refractivity contribution >= 4 is 5.69 Å². The molecule has 0 amide bonds. The molecule has 0 unspecified atom stereocenters. The molecule has 0 atom stereocenters. The van der Waals surface area contributed by atoms with Gasteiger partial charge in [0.25, 0.3) is 5.56 Å². The van der Waals surface area contributed by atoms with Crippen LogP contribution in [0.5, 0.6) is 0 Å². The van der Waals surface area contributed by atoms with Crippen molar-refractivity contribution in [3.8, 4) is 6.07 Å². The number of hydrogen-bond donors (Lipinski definition) is 1. The van der Waals surface area contributed by atoms with Gasteiger partial charge < -0.3 is 5.32 Å². The highest BCUT2D eigenvalue weighted by atomic mass is 16.1. The number of rotatable bonds is 4. The first kappa shape index (κ1) is 12.4. The second-order valence-electron chi connectivity index (χ2n) is 4.93. The van der Waals surface area contributed by atoms with E-state index in [0.717, 1.165) is 24.1 Å². The molecular weight excluding hydrogens is 252 g/mol. The molecule has 1 aromatic carbocycles. The van der Waals surface area contributed by atoms with Crippen LogP contribution in [0.2, 0.25) is 0 Å². The lowest BCUT2D eigenvalue weighted by Crippen LogP contribution is -2.23. The average molecular weight is 266 g/mol. The van der Waals surface area contributed by atoms with E-state index >= 15 is 0 Å². The van der Waals surface area contributed by atoms with Crippen LogP contribution in [0.1, 0.15) is 24.0 Å². The van der Waals surface area contributed by atoms with E-state index in [0.29, 0.717) is 18.2 Å². The normalized spacial score (nSPS) is 13.8. The second kappa shape index (κ2) is 5.17. The smallest absolute Gasteiger partial charge is 0.269 e. The Bertz CT molecular complexity index is 725. The number of nitrogens with one attached hydrogen (secondary N) is 1. The highest BCUT2D eigenvalue weighted by Crippen LogP contribution is 2.23. The molecule has 2 aromatic rings. The van der Waals surface area contributed by atoms with Crippen molar-refractivity contribution in [1.82, 2.24) is 9.78 Å². The van der Waals surface area contributed by atoms with Crippen molar-refractivity contribution in [1.29, 1.82) is 5.26 Å². The van der Waals surface area contributed by atoms with Crippen molar-refractivity contribution in [2.24, 2.45) is 0 Å². The molecule has 1 aromatic heterocycles. The molecule has 1 saturated carbocycles. The molecular formula is C15H14N4O. The Morgan fingerprint density at radius 2 is 2.20 bits per heavy atom. The topological polar surface area (TPSA) is 70.7 Å². The van der Waals surface area contributed by atoms with Gasteiger partial charge in [-0.1, -0.05) is 18.2 Å². The van der Waals surface area contributed by atoms with E-state index < -0.39 is 0 Å². The molecule has 1 fully saturated rings. The highest BCUT2D eigenvalue weighted by molar-refractivity contribution is 5.41. The van der Waals surface area contributed by atoms with E-state index in [1.54, 1.807) is 24.4 Å². The molecule has 0 saturated heterocycles. The van der Waals surface area contributed by atoms with E-state index in [4.69, 9.17) is 5.26 Å². The zero-order chi connectivity index (χ0) is 13.9. The SMILES string of the molecule is N#Cc1ccccc1Cn1ncc(NC2CC2)cc1=O. The van der Waals surface area contributed by atoms with Gasteiger partial charge in [-0.05, 0) is 24.5 Å². The van der Waals surface area contributed by atoms with Gasteiger partial charge in [-0.2, -0.15) is 10.4 Å². The fourth-order valence-corrected chi connectivity index (χ4v) is 2.02. The standard InChI is InChI=1S/C15H14N4O/c16-8-11-3-1-2-4-12(11)10-19-15(20)7-14(9-17-19)18-13-5-6-13/h1-4,7,9,13,18H,5-6,10H2. The summed E-state index contributed by atoms with van der Waals surface area (Å²) in [5.41, 5.74) is 1.97. The van der Waals surface area contributed by atoms with Gasteiger partial charge in [0.2, 0.25) is 0 Å². The predicted octanol–water partition coefficient (Wildman–Crippen LogP) is 1.74. The van der Waals surface area contributed by atoms with Gasteiger partial charge in [0.15, 0.2) is 0 Å². The highest BCUT2D eigenvalue weighted by Gasteiger charge is 2.21. The van der Waals surface area contributed by atoms with Gasteiger partial charge >= 0.3 is 0 Å². The number of nitriles is 1. The molecule has 5 heteroatoms. The molecule has 0 aliphatic heterocycles. The quantitative estimate of drug-likeness (QED) is 0.915. The average Bonchev–Trinajstić information content (AvgIpc) is 3.26. The van der Waals surface area contributed by atoms with Gasteiger partial charge in [-0.3, -0.25) is 4.79 Å². The summed E-state index contributed by atoms with van der Waals surface area (Å²) in [4.78, 5) is 12.0. The molecule has 1 aliphatic rings. The number of hydrogen-bond acceptors (Lipinski definition) is 4. The van der Waals surface area contributed by atoms with Crippen molar-refractivity contribution in [3.63, 3.8) is 0 Å². The first-order chi connectivity index (χ1) is 9.76. The third kappa shape index (κ3) is 2.69. The van der Waals surface area contributed by atoms with Crippen LogP contribution in [-0.4, -0.2) is 15.8 Å². The fraction of sp³-hybridized carbons (Fsp3) is 0.267. The molecule has 20 heavy (non-hydrogen) atoms. The molecule has 0 bridgehead atoms. The van der Waals surface area contributed by atoms with Gasteiger partial charge in [0.1, 0.15) is 0 Å². The minimum atomic E-state index is -0.164. The minimum Gasteiger partial charge on any atom is -0.381 e. The predicted molar refractivity (Wildman–Crippen MR) is 75.4 cm³/mol. The summed E-state index contributed by atoms with van der Waals surface area (Å²) in [6.07, 6.45) is 3.96. The number of benzene rings is 1. The largest absolute Gasteiger partial charge is 0.381 e. The third-order valence-electron chi connectivity index (χ3n) is 3.28. The summed E-state index contributed by atoms with van der Waals surface area (Å²) in [5, 5.41) is 16.5. The lowest BCUT2D eigenvalue weighted by Gasteiger charge is -2.08. The van der Waals surface area contributed by atoms with Gasteiger partial charge in [0, 0.05) is 12.1 Å². The molecule has 1 aliphatic carbocycles. The number of anilines is 1. The van der Waals surface area contributed by atoms with Crippen LogP contribution in [0.3, 0.4) is 0 Å². The zero-order valence-electron chi connectivity index (χ0n) is 10.9. The second-order valence-corrected chi connectivity index (χ2v) is 4.93. The zero-order valence-corrected chi connectivity index (χ0v) is 10.9. The van der Waals surface area contributed by atoms with Crippen molar-refractivity contribution in [3.05, 3.63) is 58.0 Å². The lowest BCUT2D eigenvalue weighted by atomic mass is 10.1.